The minimum atomic E-state index is -0.305. The van der Waals surface area contributed by atoms with Crippen molar-refractivity contribution in [3.8, 4) is 17.2 Å². The van der Waals surface area contributed by atoms with Crippen LogP contribution in [0.15, 0.2) is 70.7 Å². The second-order valence-electron chi connectivity index (χ2n) is 7.64. The van der Waals surface area contributed by atoms with Crippen LogP contribution in [0.25, 0.3) is 0 Å². The molecule has 0 radical (unpaired) electrons. The molecule has 0 bridgehead atoms. The molecule has 0 spiro atoms. The van der Waals surface area contributed by atoms with Gasteiger partial charge in [-0.3, -0.25) is 0 Å². The van der Waals surface area contributed by atoms with Crippen LogP contribution in [0.5, 0.6) is 17.2 Å². The van der Waals surface area contributed by atoms with Crippen LogP contribution in [0.3, 0.4) is 0 Å². The fourth-order valence-corrected chi connectivity index (χ4v) is 4.89. The number of halogens is 1. The third-order valence-electron chi connectivity index (χ3n) is 5.86. The van der Waals surface area contributed by atoms with Crippen molar-refractivity contribution in [1.29, 1.82) is 0 Å². The van der Waals surface area contributed by atoms with Gasteiger partial charge in [0.2, 0.25) is 13.0 Å². The Kier molecular flexibility index (Phi) is 4.51. The molecule has 3 heterocycles. The fraction of sp³-hybridized carbons (Fsp3) is 0.208. The van der Waals surface area contributed by atoms with Crippen molar-refractivity contribution >= 4 is 29.1 Å². The Morgan fingerprint density at radius 3 is 2.61 bits per heavy atom. The highest BCUT2D eigenvalue weighted by molar-refractivity contribution is 7.98. The molecule has 6 rings (SSSR count). The van der Waals surface area contributed by atoms with Crippen molar-refractivity contribution in [1.82, 2.24) is 5.01 Å². The molecule has 0 aliphatic carbocycles. The van der Waals surface area contributed by atoms with Crippen molar-refractivity contribution in [2.24, 2.45) is 5.10 Å². The second-order valence-corrected chi connectivity index (χ2v) is 8.96. The zero-order valence-electron chi connectivity index (χ0n) is 16.7. The molecule has 0 saturated heterocycles. The SMILES string of the molecule is CSc1ccc([C@@H]2Oc3ccc(Cl)cc3[C@@H]3CC(c4ccc5c(c4)OCO5)=NN32)cc1. The molecule has 0 aromatic heterocycles. The van der Waals surface area contributed by atoms with Crippen LogP contribution in [0.2, 0.25) is 5.02 Å². The minimum Gasteiger partial charge on any atom is -0.464 e. The predicted octanol–water partition coefficient (Wildman–Crippen LogP) is 6.03. The van der Waals surface area contributed by atoms with E-state index in [9.17, 15) is 0 Å². The van der Waals surface area contributed by atoms with Gasteiger partial charge in [-0.25, -0.2) is 5.01 Å². The molecule has 0 unspecified atom stereocenters. The molecule has 0 saturated carbocycles. The Morgan fingerprint density at radius 2 is 1.77 bits per heavy atom. The number of fused-ring (bicyclic) bond motifs is 4. The van der Waals surface area contributed by atoms with E-state index in [1.54, 1.807) is 11.8 Å². The molecule has 3 aromatic carbocycles. The van der Waals surface area contributed by atoms with E-state index in [4.69, 9.17) is 30.9 Å². The molecule has 2 atom stereocenters. The number of nitrogens with zero attached hydrogens (tertiary/aromatic N) is 2. The zero-order valence-corrected chi connectivity index (χ0v) is 18.3. The third kappa shape index (κ3) is 3.22. The molecule has 5 nitrogen and oxygen atoms in total. The van der Waals surface area contributed by atoms with Gasteiger partial charge in [-0.2, -0.15) is 5.10 Å². The highest BCUT2D eigenvalue weighted by Crippen LogP contribution is 2.48. The summed E-state index contributed by atoms with van der Waals surface area (Å²) in [6, 6.07) is 20.3. The van der Waals surface area contributed by atoms with E-state index in [1.807, 2.05) is 36.4 Å². The van der Waals surface area contributed by atoms with E-state index < -0.39 is 0 Å². The Labute approximate surface area is 189 Å². The summed E-state index contributed by atoms with van der Waals surface area (Å²) >= 11 is 8.05. The molecule has 0 amide bonds. The molecular formula is C24H19ClN2O3S. The van der Waals surface area contributed by atoms with Gasteiger partial charge in [0, 0.05) is 33.0 Å². The van der Waals surface area contributed by atoms with Gasteiger partial charge in [-0.05, 0) is 54.8 Å². The van der Waals surface area contributed by atoms with Gasteiger partial charge in [0.1, 0.15) is 5.75 Å². The Balaban J connectivity index is 1.42. The first-order chi connectivity index (χ1) is 15.2. The molecule has 156 valence electrons. The molecule has 3 aliphatic heterocycles. The first-order valence-corrected chi connectivity index (χ1v) is 11.7. The largest absolute Gasteiger partial charge is 0.464 e. The van der Waals surface area contributed by atoms with Crippen LogP contribution in [-0.4, -0.2) is 23.8 Å². The van der Waals surface area contributed by atoms with Gasteiger partial charge in [0.15, 0.2) is 11.5 Å². The maximum Gasteiger partial charge on any atom is 0.231 e. The lowest BCUT2D eigenvalue weighted by molar-refractivity contribution is -0.0190. The van der Waals surface area contributed by atoms with Crippen LogP contribution < -0.4 is 14.2 Å². The first kappa shape index (κ1) is 18.9. The summed E-state index contributed by atoms with van der Waals surface area (Å²) in [6.07, 6.45) is 2.53. The summed E-state index contributed by atoms with van der Waals surface area (Å²) in [5.74, 6) is 2.38. The summed E-state index contributed by atoms with van der Waals surface area (Å²) in [5, 5.41) is 7.77. The molecule has 7 heteroatoms. The Bertz CT molecular complexity index is 1200. The number of hydrogen-bond donors (Lipinski definition) is 0. The molecule has 3 aromatic rings. The number of hydrazone groups is 1. The number of thioether (sulfide) groups is 1. The zero-order chi connectivity index (χ0) is 20.9. The Hall–Kier alpha value is -2.83. The number of hydrogen-bond acceptors (Lipinski definition) is 6. The molecule has 0 N–H and O–H groups in total. The molecule has 3 aliphatic rings. The number of ether oxygens (including phenoxy) is 3. The molecule has 31 heavy (non-hydrogen) atoms. The van der Waals surface area contributed by atoms with Gasteiger partial charge in [-0.15, -0.1) is 11.8 Å². The Morgan fingerprint density at radius 1 is 0.968 bits per heavy atom. The summed E-state index contributed by atoms with van der Waals surface area (Å²) in [5.41, 5.74) is 4.15. The topological polar surface area (TPSA) is 43.3 Å². The average molecular weight is 451 g/mol. The summed E-state index contributed by atoms with van der Waals surface area (Å²) in [6.45, 7) is 0.258. The minimum absolute atomic E-state index is 0.0492. The van der Waals surface area contributed by atoms with Crippen molar-refractivity contribution in [3.05, 3.63) is 82.4 Å². The van der Waals surface area contributed by atoms with E-state index in [1.165, 1.54) is 4.90 Å². The summed E-state index contributed by atoms with van der Waals surface area (Å²) < 4.78 is 17.4. The highest BCUT2D eigenvalue weighted by atomic mass is 35.5. The van der Waals surface area contributed by atoms with Gasteiger partial charge in [0.05, 0.1) is 11.8 Å². The second kappa shape index (κ2) is 7.39. The normalized spacial score (nSPS) is 20.7. The molecular weight excluding hydrogens is 432 g/mol. The lowest BCUT2D eigenvalue weighted by atomic mass is 9.95. The van der Waals surface area contributed by atoms with E-state index in [2.05, 4.69) is 35.5 Å². The third-order valence-corrected chi connectivity index (χ3v) is 6.84. The van der Waals surface area contributed by atoms with Crippen LogP contribution in [0.4, 0.5) is 0 Å². The van der Waals surface area contributed by atoms with Gasteiger partial charge in [0.25, 0.3) is 0 Å². The lowest BCUT2D eigenvalue weighted by Crippen LogP contribution is -2.33. The van der Waals surface area contributed by atoms with Gasteiger partial charge in [-0.1, -0.05) is 23.7 Å². The maximum atomic E-state index is 6.43. The van der Waals surface area contributed by atoms with Crippen LogP contribution >= 0.6 is 23.4 Å². The van der Waals surface area contributed by atoms with Gasteiger partial charge >= 0.3 is 0 Å². The first-order valence-electron chi connectivity index (χ1n) is 10.1. The van der Waals surface area contributed by atoms with E-state index in [0.717, 1.165) is 46.1 Å². The summed E-state index contributed by atoms with van der Waals surface area (Å²) in [7, 11) is 0. The van der Waals surface area contributed by atoms with Crippen LogP contribution in [-0.2, 0) is 0 Å². The molecule has 0 fully saturated rings. The van der Waals surface area contributed by atoms with E-state index >= 15 is 0 Å². The number of rotatable bonds is 3. The van der Waals surface area contributed by atoms with Crippen LogP contribution in [0, 0.1) is 0 Å². The lowest BCUT2D eigenvalue weighted by Gasteiger charge is -2.38. The summed E-state index contributed by atoms with van der Waals surface area (Å²) in [4.78, 5) is 1.22. The van der Waals surface area contributed by atoms with Gasteiger partial charge < -0.3 is 14.2 Å². The standard InChI is InChI=1S/C24H19ClN2O3S/c1-31-17-6-2-14(3-7-17)24-27-20(18-11-16(25)5-9-21(18)30-24)12-19(26-27)15-4-8-22-23(10-15)29-13-28-22/h2-11,20,24H,12-13H2,1H3/t20-,24-/m0/s1. The van der Waals surface area contributed by atoms with E-state index in [-0.39, 0.29) is 19.1 Å². The quantitative estimate of drug-likeness (QED) is 0.455. The average Bonchev–Trinajstić information content (AvgIpc) is 3.45. The number of benzene rings is 3. The maximum absolute atomic E-state index is 6.43. The van der Waals surface area contributed by atoms with Crippen molar-refractivity contribution in [2.45, 2.75) is 23.6 Å². The van der Waals surface area contributed by atoms with Crippen molar-refractivity contribution in [3.63, 3.8) is 0 Å². The predicted molar refractivity (Wildman–Crippen MR) is 121 cm³/mol. The van der Waals surface area contributed by atoms with Crippen molar-refractivity contribution < 1.29 is 14.2 Å². The van der Waals surface area contributed by atoms with Crippen LogP contribution in [0.1, 0.15) is 35.4 Å². The van der Waals surface area contributed by atoms with E-state index in [0.29, 0.717) is 5.02 Å². The highest BCUT2D eigenvalue weighted by Gasteiger charge is 2.41. The van der Waals surface area contributed by atoms with Crippen molar-refractivity contribution in [2.75, 3.05) is 13.0 Å². The smallest absolute Gasteiger partial charge is 0.231 e. The fourth-order valence-electron chi connectivity index (χ4n) is 4.30. The monoisotopic (exact) mass is 450 g/mol.